The van der Waals surface area contributed by atoms with Crippen molar-refractivity contribution in [3.05, 3.63) is 242 Å². The molecule has 0 bridgehead atoms. The highest BCUT2D eigenvalue weighted by atomic mass is 15.1. The van der Waals surface area contributed by atoms with Crippen LogP contribution in [0.1, 0.15) is 50.7 Å². The molecule has 318 valence electrons. The second-order valence-electron chi connectivity index (χ2n) is 18.2. The van der Waals surface area contributed by atoms with Crippen molar-refractivity contribution in [1.82, 2.24) is 0 Å². The second kappa shape index (κ2) is 17.2. The lowest BCUT2D eigenvalue weighted by Crippen LogP contribution is -2.10. The van der Waals surface area contributed by atoms with Gasteiger partial charge in [-0.15, -0.1) is 0 Å². The normalized spacial score (nSPS) is 11.6. The molecule has 0 aliphatic carbocycles. The Morgan fingerprint density at radius 1 is 0.258 bits per heavy atom. The summed E-state index contributed by atoms with van der Waals surface area (Å²) in [6.07, 6.45) is 0. The number of para-hydroxylation sites is 2. The van der Waals surface area contributed by atoms with E-state index in [0.717, 1.165) is 34.1 Å². The van der Waals surface area contributed by atoms with Gasteiger partial charge >= 0.3 is 0 Å². The predicted octanol–water partition coefficient (Wildman–Crippen LogP) is 18.8. The van der Waals surface area contributed by atoms with Gasteiger partial charge in [0.05, 0.1) is 0 Å². The molecule has 0 saturated carbocycles. The van der Waals surface area contributed by atoms with Crippen molar-refractivity contribution in [2.45, 2.75) is 39.5 Å². The van der Waals surface area contributed by atoms with Crippen LogP contribution >= 0.6 is 0 Å². The molecule has 0 N–H and O–H groups in total. The zero-order valence-electron chi connectivity index (χ0n) is 38.0. The van der Waals surface area contributed by atoms with E-state index in [1.165, 1.54) is 76.5 Å². The standard InChI is InChI=1S/C64H52N2/c1-43(2)45-27-31-55(32-28-45)65(53-19-7-5-8-20-53)57-35-37-59-61(41-57)63(51-25-23-47-15-11-13-17-49(47)39-51)60-38-36-58(42-62(60)64(59)52-26-24-48-16-12-14-18-50(48)40-52)66(54-21-9-6-10-22-54)56-33-29-46(30-34-56)44(3)4/h5-44H,1-4H3. The fourth-order valence-electron chi connectivity index (χ4n) is 9.86. The molecule has 0 aliphatic rings. The minimum Gasteiger partial charge on any atom is -0.310 e. The Kier molecular flexibility index (Phi) is 10.6. The van der Waals surface area contributed by atoms with E-state index >= 15 is 0 Å². The summed E-state index contributed by atoms with van der Waals surface area (Å²) in [4.78, 5) is 4.80. The molecule has 0 heterocycles. The monoisotopic (exact) mass is 848 g/mol. The quantitative estimate of drug-likeness (QED) is 0.127. The molecule has 0 amide bonds. The molecule has 0 aromatic heterocycles. The third kappa shape index (κ3) is 7.55. The van der Waals surface area contributed by atoms with Gasteiger partial charge < -0.3 is 9.80 Å². The van der Waals surface area contributed by atoms with Crippen LogP contribution in [0.5, 0.6) is 0 Å². The molecule has 0 saturated heterocycles. The van der Waals surface area contributed by atoms with Crippen molar-refractivity contribution in [3.8, 4) is 22.3 Å². The second-order valence-corrected chi connectivity index (χ2v) is 18.2. The van der Waals surface area contributed by atoms with E-state index in [0.29, 0.717) is 11.8 Å². The van der Waals surface area contributed by atoms with Gasteiger partial charge in [-0.05, 0) is 173 Å². The predicted molar refractivity (Wildman–Crippen MR) is 285 cm³/mol. The maximum atomic E-state index is 2.44. The largest absolute Gasteiger partial charge is 0.310 e. The fourth-order valence-corrected chi connectivity index (χ4v) is 9.86. The van der Waals surface area contributed by atoms with Crippen LogP contribution in [0.2, 0.25) is 0 Å². The Morgan fingerprint density at radius 3 is 0.970 bits per heavy atom. The van der Waals surface area contributed by atoms with Gasteiger partial charge in [-0.2, -0.15) is 0 Å². The van der Waals surface area contributed by atoms with Crippen LogP contribution in [0.4, 0.5) is 34.1 Å². The summed E-state index contributed by atoms with van der Waals surface area (Å²) < 4.78 is 0. The Bertz CT molecular complexity index is 3280. The van der Waals surface area contributed by atoms with E-state index in [9.17, 15) is 0 Å². The van der Waals surface area contributed by atoms with E-state index in [1.807, 2.05) is 0 Å². The smallest absolute Gasteiger partial charge is 0.0468 e. The summed E-state index contributed by atoms with van der Waals surface area (Å²) in [5, 5.41) is 9.72. The minimum absolute atomic E-state index is 0.446. The lowest BCUT2D eigenvalue weighted by Gasteiger charge is -2.28. The van der Waals surface area contributed by atoms with Gasteiger partial charge in [-0.25, -0.2) is 0 Å². The van der Waals surface area contributed by atoms with Crippen molar-refractivity contribution in [2.24, 2.45) is 0 Å². The number of rotatable bonds is 10. The third-order valence-electron chi connectivity index (χ3n) is 13.3. The first-order valence-electron chi connectivity index (χ1n) is 23.3. The Labute approximate surface area is 388 Å². The highest BCUT2D eigenvalue weighted by Gasteiger charge is 2.23. The van der Waals surface area contributed by atoms with Gasteiger partial charge in [-0.1, -0.05) is 173 Å². The van der Waals surface area contributed by atoms with Crippen LogP contribution in [-0.2, 0) is 0 Å². The maximum absolute atomic E-state index is 2.44. The molecule has 0 fully saturated rings. The summed E-state index contributed by atoms with van der Waals surface area (Å²) in [5.74, 6) is 0.892. The molecule has 2 nitrogen and oxygen atoms in total. The zero-order valence-corrected chi connectivity index (χ0v) is 38.0. The van der Waals surface area contributed by atoms with E-state index in [-0.39, 0.29) is 0 Å². The molecule has 0 atom stereocenters. The first-order valence-corrected chi connectivity index (χ1v) is 23.3. The van der Waals surface area contributed by atoms with Crippen molar-refractivity contribution in [2.75, 3.05) is 9.80 Å². The SMILES string of the molecule is CC(C)c1ccc(N(c2ccccc2)c2ccc3c(-c4ccc5ccccc5c4)c4cc(N(c5ccccc5)c5ccc(C(C)C)cc5)ccc4c(-c4ccc5ccccc5c4)c3c2)cc1. The third-order valence-corrected chi connectivity index (χ3v) is 13.3. The van der Waals surface area contributed by atoms with Gasteiger partial charge in [0.15, 0.2) is 0 Å². The fraction of sp³-hybridized carbons (Fsp3) is 0.0938. The van der Waals surface area contributed by atoms with E-state index in [2.05, 4.69) is 268 Å². The molecule has 11 rings (SSSR count). The molecule has 0 aliphatic heterocycles. The number of fused-ring (bicyclic) bond motifs is 4. The van der Waals surface area contributed by atoms with Crippen LogP contribution < -0.4 is 9.80 Å². The molecule has 0 unspecified atom stereocenters. The summed E-state index contributed by atoms with van der Waals surface area (Å²) in [6.45, 7) is 9.02. The van der Waals surface area contributed by atoms with Gasteiger partial charge in [0.25, 0.3) is 0 Å². The molecular weight excluding hydrogens is 797 g/mol. The van der Waals surface area contributed by atoms with Crippen LogP contribution in [0.25, 0.3) is 65.3 Å². The topological polar surface area (TPSA) is 6.48 Å². The zero-order chi connectivity index (χ0) is 44.7. The minimum atomic E-state index is 0.446. The highest BCUT2D eigenvalue weighted by molar-refractivity contribution is 6.23. The van der Waals surface area contributed by atoms with Crippen LogP contribution in [0.15, 0.2) is 231 Å². The average Bonchev–Trinajstić information content (AvgIpc) is 3.36. The molecule has 2 heteroatoms. The highest BCUT2D eigenvalue weighted by Crippen LogP contribution is 2.49. The maximum Gasteiger partial charge on any atom is 0.0468 e. The molecule has 66 heavy (non-hydrogen) atoms. The lowest BCUT2D eigenvalue weighted by atomic mass is 9.84. The van der Waals surface area contributed by atoms with Gasteiger partial charge in [0, 0.05) is 34.1 Å². The molecule has 11 aromatic carbocycles. The number of benzene rings is 11. The Morgan fingerprint density at radius 2 is 0.591 bits per heavy atom. The summed E-state index contributed by atoms with van der Waals surface area (Å²) >= 11 is 0. The van der Waals surface area contributed by atoms with Crippen molar-refractivity contribution >= 4 is 77.2 Å². The summed E-state index contributed by atoms with van der Waals surface area (Å²) in [7, 11) is 0. The van der Waals surface area contributed by atoms with Gasteiger partial charge in [-0.3, -0.25) is 0 Å². The van der Waals surface area contributed by atoms with Crippen LogP contribution in [0.3, 0.4) is 0 Å². The van der Waals surface area contributed by atoms with Crippen molar-refractivity contribution in [1.29, 1.82) is 0 Å². The molecular formula is C64H52N2. The molecule has 11 aromatic rings. The van der Waals surface area contributed by atoms with Gasteiger partial charge in [0.1, 0.15) is 0 Å². The molecule has 0 radical (unpaired) electrons. The summed E-state index contributed by atoms with van der Waals surface area (Å²) in [6, 6.07) is 85.4. The molecule has 0 spiro atoms. The summed E-state index contributed by atoms with van der Waals surface area (Å²) in [5.41, 5.74) is 14.2. The van der Waals surface area contributed by atoms with E-state index in [4.69, 9.17) is 0 Å². The van der Waals surface area contributed by atoms with Crippen LogP contribution in [-0.4, -0.2) is 0 Å². The van der Waals surface area contributed by atoms with Crippen molar-refractivity contribution in [3.63, 3.8) is 0 Å². The number of anilines is 6. The first-order chi connectivity index (χ1) is 32.4. The Hall–Kier alpha value is -7.94. The van der Waals surface area contributed by atoms with Gasteiger partial charge in [0.2, 0.25) is 0 Å². The van der Waals surface area contributed by atoms with Crippen molar-refractivity contribution < 1.29 is 0 Å². The first kappa shape index (κ1) is 40.8. The number of hydrogen-bond donors (Lipinski definition) is 0. The number of hydrogen-bond acceptors (Lipinski definition) is 2. The lowest BCUT2D eigenvalue weighted by molar-refractivity contribution is 0.866. The van der Waals surface area contributed by atoms with E-state index < -0.39 is 0 Å². The van der Waals surface area contributed by atoms with Crippen LogP contribution in [0, 0.1) is 0 Å². The Balaban J connectivity index is 1.24. The van der Waals surface area contributed by atoms with E-state index in [1.54, 1.807) is 0 Å². The number of nitrogens with zero attached hydrogens (tertiary/aromatic N) is 2. The average molecular weight is 849 g/mol.